The summed E-state index contributed by atoms with van der Waals surface area (Å²) in [5.41, 5.74) is 3.86. The number of hydrogen-bond donors (Lipinski definition) is 1. The zero-order chi connectivity index (χ0) is 17.6. The molecule has 0 radical (unpaired) electrons. The van der Waals surface area contributed by atoms with Gasteiger partial charge in [0.25, 0.3) is 0 Å². The second-order valence-corrected chi connectivity index (χ2v) is 7.93. The number of likely N-dealkylation sites (tertiary alicyclic amines) is 1. The molecule has 1 aliphatic rings. The van der Waals surface area contributed by atoms with Crippen molar-refractivity contribution < 1.29 is 4.79 Å². The molecular weight excluding hydrogens is 330 g/mol. The third-order valence-electron chi connectivity index (χ3n) is 4.89. The number of aromatic nitrogens is 1. The van der Waals surface area contributed by atoms with Crippen LogP contribution in [0, 0.1) is 12.8 Å². The molecule has 1 N–H and O–H groups in total. The van der Waals surface area contributed by atoms with E-state index in [0.717, 1.165) is 31.2 Å². The van der Waals surface area contributed by atoms with E-state index in [4.69, 9.17) is 0 Å². The van der Waals surface area contributed by atoms with E-state index in [2.05, 4.69) is 51.8 Å². The molecule has 0 spiro atoms. The van der Waals surface area contributed by atoms with Gasteiger partial charge in [0.1, 0.15) is 0 Å². The molecule has 0 saturated carbocycles. The molecule has 1 fully saturated rings. The van der Waals surface area contributed by atoms with Crippen molar-refractivity contribution in [1.82, 2.24) is 9.88 Å². The lowest BCUT2D eigenvalue weighted by Crippen LogP contribution is -2.33. The highest BCUT2D eigenvalue weighted by Crippen LogP contribution is 2.24. The second-order valence-electron chi connectivity index (χ2n) is 7.07. The molecule has 0 bridgehead atoms. The maximum atomic E-state index is 11.1. The molecule has 1 saturated heterocycles. The van der Waals surface area contributed by atoms with Crippen LogP contribution in [0.15, 0.2) is 29.6 Å². The first-order valence-corrected chi connectivity index (χ1v) is 9.96. The smallest absolute Gasteiger partial charge is 0.223 e. The highest BCUT2D eigenvalue weighted by molar-refractivity contribution is 7.13. The van der Waals surface area contributed by atoms with Crippen molar-refractivity contribution in [2.45, 2.75) is 46.1 Å². The summed E-state index contributed by atoms with van der Waals surface area (Å²) in [4.78, 5) is 18.0. The van der Waals surface area contributed by atoms with E-state index in [1.165, 1.54) is 55.1 Å². The standard InChI is InChI=1S/C20H27N3OS/c1-15-3-5-17(6-4-15)7-8-18-9-11-23(12-10-18)13-19-14-25-20(22-19)21-16(2)24/h3-6,14,18H,7-13H2,1-2H3,(H,21,22,24). The number of hydrogen-bond acceptors (Lipinski definition) is 4. The molecule has 4 nitrogen and oxygen atoms in total. The van der Waals surface area contributed by atoms with Gasteiger partial charge < -0.3 is 5.32 Å². The van der Waals surface area contributed by atoms with Crippen molar-refractivity contribution in [2.75, 3.05) is 18.4 Å². The summed E-state index contributed by atoms with van der Waals surface area (Å²) in [6, 6.07) is 8.95. The Hall–Kier alpha value is -1.72. The van der Waals surface area contributed by atoms with E-state index in [1.807, 2.05) is 0 Å². The highest BCUT2D eigenvalue weighted by Gasteiger charge is 2.20. The SMILES string of the molecule is CC(=O)Nc1nc(CN2CCC(CCc3ccc(C)cc3)CC2)cs1. The molecule has 2 aromatic rings. The Balaban J connectivity index is 1.40. The first kappa shape index (κ1) is 18.1. The minimum atomic E-state index is -0.0599. The Labute approximate surface area is 154 Å². The molecule has 5 heteroatoms. The minimum Gasteiger partial charge on any atom is -0.302 e. The van der Waals surface area contributed by atoms with Crippen LogP contribution in [-0.2, 0) is 17.8 Å². The van der Waals surface area contributed by atoms with Crippen LogP contribution in [0.1, 0.15) is 43.0 Å². The summed E-state index contributed by atoms with van der Waals surface area (Å²) >= 11 is 1.50. The maximum Gasteiger partial charge on any atom is 0.223 e. The van der Waals surface area contributed by atoms with Crippen LogP contribution in [0.5, 0.6) is 0 Å². The quantitative estimate of drug-likeness (QED) is 0.840. The van der Waals surface area contributed by atoms with Crippen molar-refractivity contribution in [1.29, 1.82) is 0 Å². The Morgan fingerprint density at radius 1 is 1.28 bits per heavy atom. The molecule has 25 heavy (non-hydrogen) atoms. The Morgan fingerprint density at radius 2 is 2.00 bits per heavy atom. The lowest BCUT2D eigenvalue weighted by molar-refractivity contribution is -0.114. The van der Waals surface area contributed by atoms with Crippen molar-refractivity contribution >= 4 is 22.4 Å². The normalized spacial score (nSPS) is 16.1. The fourth-order valence-electron chi connectivity index (χ4n) is 3.38. The summed E-state index contributed by atoms with van der Waals surface area (Å²) in [5, 5.41) is 5.51. The van der Waals surface area contributed by atoms with Crippen LogP contribution >= 0.6 is 11.3 Å². The second kappa shape index (κ2) is 8.59. The van der Waals surface area contributed by atoms with E-state index in [1.54, 1.807) is 0 Å². The van der Waals surface area contributed by atoms with Gasteiger partial charge in [-0.2, -0.15) is 0 Å². The third-order valence-corrected chi connectivity index (χ3v) is 5.70. The number of piperidine rings is 1. The van der Waals surface area contributed by atoms with Crippen LogP contribution in [0.2, 0.25) is 0 Å². The molecule has 134 valence electrons. The predicted octanol–water partition coefficient (Wildman–Crippen LogP) is 4.25. The van der Waals surface area contributed by atoms with E-state index in [-0.39, 0.29) is 5.91 Å². The molecule has 1 amide bonds. The zero-order valence-corrected chi connectivity index (χ0v) is 15.9. The molecule has 0 atom stereocenters. The van der Waals surface area contributed by atoms with Gasteiger partial charge in [-0.3, -0.25) is 9.69 Å². The van der Waals surface area contributed by atoms with Gasteiger partial charge in [-0.15, -0.1) is 11.3 Å². The Morgan fingerprint density at radius 3 is 2.68 bits per heavy atom. The number of aryl methyl sites for hydroxylation is 2. The molecule has 1 aliphatic heterocycles. The molecule has 2 heterocycles. The zero-order valence-electron chi connectivity index (χ0n) is 15.1. The fourth-order valence-corrected chi connectivity index (χ4v) is 4.12. The number of nitrogens with one attached hydrogen (secondary N) is 1. The van der Waals surface area contributed by atoms with E-state index in [0.29, 0.717) is 5.13 Å². The van der Waals surface area contributed by atoms with Gasteiger partial charge in [-0.25, -0.2) is 4.98 Å². The summed E-state index contributed by atoms with van der Waals surface area (Å²) in [6.07, 6.45) is 5.03. The lowest BCUT2D eigenvalue weighted by Gasteiger charge is -2.31. The first-order valence-electron chi connectivity index (χ1n) is 9.08. The molecular formula is C20H27N3OS. The molecule has 0 aliphatic carbocycles. The number of carbonyl (C=O) groups is 1. The van der Waals surface area contributed by atoms with Crippen molar-refractivity contribution in [3.05, 3.63) is 46.5 Å². The van der Waals surface area contributed by atoms with Gasteiger partial charge in [0.05, 0.1) is 5.69 Å². The van der Waals surface area contributed by atoms with Crippen LogP contribution in [0.4, 0.5) is 5.13 Å². The summed E-state index contributed by atoms with van der Waals surface area (Å²) < 4.78 is 0. The third kappa shape index (κ3) is 5.65. The fraction of sp³-hybridized carbons (Fsp3) is 0.500. The Bertz CT molecular complexity index is 687. The van der Waals surface area contributed by atoms with Gasteiger partial charge in [0.15, 0.2) is 5.13 Å². The number of nitrogens with zero attached hydrogens (tertiary/aromatic N) is 2. The van der Waals surface area contributed by atoms with Gasteiger partial charge in [0, 0.05) is 18.8 Å². The van der Waals surface area contributed by atoms with Crippen molar-refractivity contribution in [2.24, 2.45) is 5.92 Å². The van der Waals surface area contributed by atoms with Gasteiger partial charge in [-0.05, 0) is 57.2 Å². The number of thiazole rings is 1. The molecule has 0 unspecified atom stereocenters. The molecule has 1 aromatic heterocycles. The van der Waals surface area contributed by atoms with Gasteiger partial charge in [-0.1, -0.05) is 29.8 Å². The Kier molecular flexibility index (Phi) is 6.21. The van der Waals surface area contributed by atoms with Crippen molar-refractivity contribution in [3.63, 3.8) is 0 Å². The monoisotopic (exact) mass is 357 g/mol. The van der Waals surface area contributed by atoms with Crippen molar-refractivity contribution in [3.8, 4) is 0 Å². The summed E-state index contributed by atoms with van der Waals surface area (Å²) in [5.74, 6) is 0.776. The average Bonchev–Trinajstić information content (AvgIpc) is 3.02. The van der Waals surface area contributed by atoms with E-state index in [9.17, 15) is 4.79 Å². The number of anilines is 1. The summed E-state index contributed by atoms with van der Waals surface area (Å²) in [6.45, 7) is 6.83. The minimum absolute atomic E-state index is 0.0599. The summed E-state index contributed by atoms with van der Waals surface area (Å²) in [7, 11) is 0. The van der Waals surface area contributed by atoms with Crippen LogP contribution in [-0.4, -0.2) is 28.9 Å². The largest absolute Gasteiger partial charge is 0.302 e. The molecule has 3 rings (SSSR count). The molecule has 1 aromatic carbocycles. The van der Waals surface area contributed by atoms with E-state index < -0.39 is 0 Å². The van der Waals surface area contributed by atoms with Gasteiger partial charge in [0.2, 0.25) is 5.91 Å². The number of carbonyl (C=O) groups excluding carboxylic acids is 1. The topological polar surface area (TPSA) is 45.2 Å². The maximum absolute atomic E-state index is 11.1. The average molecular weight is 358 g/mol. The van der Waals surface area contributed by atoms with Crippen LogP contribution in [0.25, 0.3) is 0 Å². The van der Waals surface area contributed by atoms with Crippen LogP contribution < -0.4 is 5.32 Å². The van der Waals surface area contributed by atoms with E-state index >= 15 is 0 Å². The van der Waals surface area contributed by atoms with Crippen LogP contribution in [0.3, 0.4) is 0 Å². The lowest BCUT2D eigenvalue weighted by atomic mass is 9.90. The number of rotatable bonds is 6. The highest BCUT2D eigenvalue weighted by atomic mass is 32.1. The predicted molar refractivity (Wildman–Crippen MR) is 104 cm³/mol. The number of amides is 1. The van der Waals surface area contributed by atoms with Gasteiger partial charge >= 0.3 is 0 Å². The number of benzene rings is 1. The first-order chi connectivity index (χ1) is 12.1.